The molecule has 2 aliphatic carbocycles. The van der Waals surface area contributed by atoms with Crippen molar-refractivity contribution in [1.29, 1.82) is 0 Å². The van der Waals surface area contributed by atoms with E-state index in [4.69, 9.17) is 10.5 Å². The van der Waals surface area contributed by atoms with Gasteiger partial charge in [0.1, 0.15) is 11.9 Å². The molecule has 1 saturated heterocycles. The minimum atomic E-state index is -4.62. The summed E-state index contributed by atoms with van der Waals surface area (Å²) in [6.45, 7) is -1.31. The Morgan fingerprint density at radius 3 is 2.34 bits per heavy atom. The third-order valence-electron chi connectivity index (χ3n) is 6.49. The molecule has 4 unspecified atom stereocenters. The van der Waals surface area contributed by atoms with Crippen LogP contribution in [-0.4, -0.2) is 59.8 Å². The van der Waals surface area contributed by atoms with E-state index in [1.807, 2.05) is 4.98 Å². The van der Waals surface area contributed by atoms with E-state index in [1.165, 1.54) is 0 Å². The maximum atomic E-state index is 15.5. The predicted octanol–water partition coefficient (Wildman–Crippen LogP) is 1.96. The minimum Gasteiger partial charge on any atom is -0.373 e. The van der Waals surface area contributed by atoms with Crippen LogP contribution in [0.4, 0.5) is 26.3 Å². The molecule has 0 amide bonds. The average molecular weight is 468 g/mol. The van der Waals surface area contributed by atoms with Gasteiger partial charge < -0.3 is 10.5 Å². The smallest absolute Gasteiger partial charge is 0.373 e. The lowest BCUT2D eigenvalue weighted by Crippen LogP contribution is -2.48. The van der Waals surface area contributed by atoms with Gasteiger partial charge >= 0.3 is 11.9 Å². The number of nitrogens with one attached hydrogen (secondary N) is 1. The van der Waals surface area contributed by atoms with Crippen LogP contribution in [0.3, 0.4) is 0 Å². The van der Waals surface area contributed by atoms with Crippen molar-refractivity contribution in [3.05, 3.63) is 37.9 Å². The number of nitrogens with two attached hydrogens (primary N) is 1. The number of halogens is 6. The SMILES string of the molecule is COC1c2c(c(=O)[nH]c(=O)n2C2CC2)C(C(F)F)=C(F)C1N1CC(CN)C(C(F)(F)F)C1. The topological polar surface area (TPSA) is 93.3 Å². The fourth-order valence-corrected chi connectivity index (χ4v) is 4.91. The normalized spacial score (nSPS) is 29.2. The van der Waals surface area contributed by atoms with Crippen LogP contribution >= 0.6 is 0 Å². The summed E-state index contributed by atoms with van der Waals surface area (Å²) >= 11 is 0. The Labute approximate surface area is 177 Å². The summed E-state index contributed by atoms with van der Waals surface area (Å²) in [4.78, 5) is 28.0. The Morgan fingerprint density at radius 1 is 1.22 bits per heavy atom. The maximum Gasteiger partial charge on any atom is 0.393 e. The number of methoxy groups -OCH3 is 1. The molecule has 0 aromatic carbocycles. The van der Waals surface area contributed by atoms with E-state index in [1.54, 1.807) is 0 Å². The van der Waals surface area contributed by atoms with Crippen molar-refractivity contribution in [3.8, 4) is 0 Å². The van der Waals surface area contributed by atoms with Gasteiger partial charge in [-0.2, -0.15) is 13.2 Å². The molecule has 4 atom stereocenters. The van der Waals surface area contributed by atoms with Gasteiger partial charge in [-0.25, -0.2) is 18.0 Å². The number of hydrogen-bond donors (Lipinski definition) is 2. The number of hydrogen-bond acceptors (Lipinski definition) is 5. The van der Waals surface area contributed by atoms with Gasteiger partial charge in [-0.1, -0.05) is 0 Å². The Hall–Kier alpha value is -2.12. The van der Waals surface area contributed by atoms with Gasteiger partial charge in [0.25, 0.3) is 12.0 Å². The molecule has 3 N–H and O–H groups in total. The lowest BCUT2D eigenvalue weighted by molar-refractivity contribution is -0.180. The van der Waals surface area contributed by atoms with E-state index < -0.39 is 77.4 Å². The largest absolute Gasteiger partial charge is 0.393 e. The van der Waals surface area contributed by atoms with Crippen molar-refractivity contribution >= 4 is 5.57 Å². The molecule has 1 aromatic heterocycles. The first-order valence-electron chi connectivity index (χ1n) is 10.1. The van der Waals surface area contributed by atoms with E-state index in [-0.39, 0.29) is 18.8 Å². The predicted molar refractivity (Wildman–Crippen MR) is 101 cm³/mol. The number of likely N-dealkylation sites (tertiary alicyclic amines) is 1. The summed E-state index contributed by atoms with van der Waals surface area (Å²) in [6.07, 6.45) is -8.43. The van der Waals surface area contributed by atoms with Gasteiger partial charge in [-0.15, -0.1) is 0 Å². The molecular formula is C19H22F6N4O3. The van der Waals surface area contributed by atoms with Crippen molar-refractivity contribution in [3.63, 3.8) is 0 Å². The van der Waals surface area contributed by atoms with Gasteiger partial charge in [0, 0.05) is 26.2 Å². The van der Waals surface area contributed by atoms with Gasteiger partial charge in [0.15, 0.2) is 0 Å². The molecule has 7 nitrogen and oxygen atoms in total. The molecule has 3 aliphatic rings. The molecule has 0 bridgehead atoms. The maximum absolute atomic E-state index is 15.5. The Bertz CT molecular complexity index is 1040. The molecule has 2 fully saturated rings. The van der Waals surface area contributed by atoms with E-state index in [9.17, 15) is 31.5 Å². The first-order valence-corrected chi connectivity index (χ1v) is 10.1. The third-order valence-corrected chi connectivity index (χ3v) is 6.49. The monoisotopic (exact) mass is 468 g/mol. The zero-order valence-corrected chi connectivity index (χ0v) is 17.0. The minimum absolute atomic E-state index is 0.231. The van der Waals surface area contributed by atoms with Gasteiger partial charge in [0.2, 0.25) is 0 Å². The summed E-state index contributed by atoms with van der Waals surface area (Å²) in [5.41, 5.74) is 1.29. The number of ether oxygens (including phenoxy) is 1. The molecule has 1 aliphatic heterocycles. The lowest BCUT2D eigenvalue weighted by Gasteiger charge is -2.38. The van der Waals surface area contributed by atoms with Crippen molar-refractivity contribution in [2.45, 2.75) is 43.6 Å². The Morgan fingerprint density at radius 2 is 1.88 bits per heavy atom. The molecule has 2 heterocycles. The highest BCUT2D eigenvalue weighted by Crippen LogP contribution is 2.48. The molecule has 32 heavy (non-hydrogen) atoms. The van der Waals surface area contributed by atoms with Gasteiger partial charge in [-0.3, -0.25) is 19.2 Å². The molecule has 1 saturated carbocycles. The second kappa shape index (κ2) is 8.03. The molecular weight excluding hydrogens is 446 g/mol. The van der Waals surface area contributed by atoms with Crippen LogP contribution in [0.25, 0.3) is 5.57 Å². The van der Waals surface area contributed by atoms with Gasteiger partial charge in [-0.05, 0) is 25.3 Å². The summed E-state index contributed by atoms with van der Waals surface area (Å²) in [5.74, 6) is -4.38. The molecule has 4 rings (SSSR count). The molecule has 0 radical (unpaired) electrons. The Balaban J connectivity index is 1.91. The van der Waals surface area contributed by atoms with Crippen LogP contribution in [0.1, 0.15) is 36.2 Å². The van der Waals surface area contributed by atoms with Gasteiger partial charge in [0.05, 0.1) is 28.8 Å². The third kappa shape index (κ3) is 3.59. The zero-order chi connectivity index (χ0) is 23.5. The van der Waals surface area contributed by atoms with Crippen molar-refractivity contribution < 1.29 is 31.1 Å². The highest BCUT2D eigenvalue weighted by Gasteiger charge is 2.54. The first-order chi connectivity index (χ1) is 15.0. The number of aromatic nitrogens is 2. The molecule has 178 valence electrons. The molecule has 1 aromatic rings. The standard InChI is InChI=1S/C19H22F6N4O3/c1-32-15-13-11(17(30)27-18(31)29(13)8-2-3-8)10(16(21)22)12(20)14(15)28-5-7(4-26)9(6-28)19(23,24)25/h7-9,14-16H,2-6,26H2,1H3,(H,27,30,31). The molecule has 0 spiro atoms. The summed E-state index contributed by atoms with van der Waals surface area (Å²) < 4.78 is 90.5. The fourth-order valence-electron chi connectivity index (χ4n) is 4.91. The summed E-state index contributed by atoms with van der Waals surface area (Å²) in [5, 5.41) is 0. The number of aromatic amines is 1. The fraction of sp³-hybridized carbons (Fsp3) is 0.684. The number of fused-ring (bicyclic) bond motifs is 1. The number of nitrogens with zero attached hydrogens (tertiary/aromatic N) is 2. The van der Waals surface area contributed by atoms with E-state index in [2.05, 4.69) is 0 Å². The first kappa shape index (κ1) is 23.1. The van der Waals surface area contributed by atoms with Crippen LogP contribution in [0, 0.1) is 11.8 Å². The summed E-state index contributed by atoms with van der Waals surface area (Å²) in [7, 11) is 1.13. The highest BCUT2D eigenvalue weighted by molar-refractivity contribution is 5.74. The zero-order valence-electron chi connectivity index (χ0n) is 17.0. The lowest BCUT2D eigenvalue weighted by atomic mass is 9.87. The van der Waals surface area contributed by atoms with Crippen molar-refractivity contribution in [1.82, 2.24) is 14.5 Å². The van der Waals surface area contributed by atoms with E-state index in [0.29, 0.717) is 12.8 Å². The van der Waals surface area contributed by atoms with Crippen LogP contribution in [0.5, 0.6) is 0 Å². The molecule has 13 heteroatoms. The summed E-state index contributed by atoms with van der Waals surface area (Å²) in [6, 6.07) is -2.06. The number of alkyl halides is 5. The van der Waals surface area contributed by atoms with Crippen molar-refractivity contribution in [2.24, 2.45) is 17.6 Å². The van der Waals surface area contributed by atoms with Crippen LogP contribution < -0.4 is 17.0 Å². The van der Waals surface area contributed by atoms with E-state index in [0.717, 1.165) is 16.6 Å². The quantitative estimate of drug-likeness (QED) is 0.645. The number of rotatable bonds is 5. The average Bonchev–Trinajstić information content (AvgIpc) is 3.43. The van der Waals surface area contributed by atoms with E-state index >= 15 is 4.39 Å². The van der Waals surface area contributed by atoms with Crippen LogP contribution in [0.2, 0.25) is 0 Å². The van der Waals surface area contributed by atoms with Crippen molar-refractivity contribution in [2.75, 3.05) is 26.7 Å². The van der Waals surface area contributed by atoms with Crippen LogP contribution in [0.15, 0.2) is 15.4 Å². The second-order valence-corrected chi connectivity index (χ2v) is 8.38. The highest BCUT2D eigenvalue weighted by atomic mass is 19.4. The Kier molecular flexibility index (Phi) is 5.78. The number of allylic oxidation sites excluding steroid dienone is 1. The van der Waals surface area contributed by atoms with Crippen LogP contribution in [-0.2, 0) is 4.74 Å². The number of H-pyrrole nitrogens is 1. The second-order valence-electron chi connectivity index (χ2n) is 8.38.